The van der Waals surface area contributed by atoms with Crippen LogP contribution >= 0.6 is 0 Å². The van der Waals surface area contributed by atoms with Crippen molar-refractivity contribution in [2.24, 2.45) is 0 Å². The summed E-state index contributed by atoms with van der Waals surface area (Å²) in [5, 5.41) is 0. The molecule has 0 saturated carbocycles. The second-order valence-corrected chi connectivity index (χ2v) is 9.31. The summed E-state index contributed by atoms with van der Waals surface area (Å²) in [6, 6.07) is 11.4. The summed E-state index contributed by atoms with van der Waals surface area (Å²) < 4.78 is 11.5. The van der Waals surface area contributed by atoms with Gasteiger partial charge in [0, 0.05) is 50.8 Å². The number of carbonyl (C=O) groups is 2. The predicted molar refractivity (Wildman–Crippen MR) is 140 cm³/mol. The van der Waals surface area contributed by atoms with Gasteiger partial charge in [0.1, 0.15) is 11.5 Å². The van der Waals surface area contributed by atoms with Crippen molar-refractivity contribution in [2.45, 2.75) is 39.5 Å². The number of piperazine rings is 1. The smallest absolute Gasteiger partial charge is 0.258 e. The molecule has 0 aromatic heterocycles. The Labute approximate surface area is 209 Å². The van der Waals surface area contributed by atoms with Gasteiger partial charge in [0.25, 0.3) is 5.91 Å². The molecule has 1 heterocycles. The van der Waals surface area contributed by atoms with Crippen LogP contribution in [0.25, 0.3) is 0 Å². The number of hydrogen-bond donors (Lipinski definition) is 0. The van der Waals surface area contributed by atoms with Crippen LogP contribution in [0.5, 0.6) is 11.5 Å². The standard InChI is InChI=1S/C28H39N3O4/c1-21-13-14-24(30(4)28(33)23-10-9-11-25(34-5)22(23)2)26(20-21)35-19-8-6-7-12-27(32)31-17-15-29(3)16-18-31/h9-11,13-14,20H,6-8,12,15-19H2,1-5H3. The van der Waals surface area contributed by atoms with E-state index in [1.54, 1.807) is 19.1 Å². The molecule has 0 aliphatic carbocycles. The number of rotatable bonds is 10. The molecular weight excluding hydrogens is 442 g/mol. The van der Waals surface area contributed by atoms with Crippen LogP contribution in [-0.4, -0.2) is 75.6 Å². The lowest BCUT2D eigenvalue weighted by atomic mass is 10.1. The Balaban J connectivity index is 1.53. The number of hydrogen-bond acceptors (Lipinski definition) is 5. The quantitative estimate of drug-likeness (QED) is 0.474. The van der Waals surface area contributed by atoms with Gasteiger partial charge in [0.05, 0.1) is 19.4 Å². The second kappa shape index (κ2) is 12.6. The molecule has 0 N–H and O–H groups in total. The summed E-state index contributed by atoms with van der Waals surface area (Å²) >= 11 is 0. The summed E-state index contributed by atoms with van der Waals surface area (Å²) in [6.45, 7) is 8.00. The Kier molecular flexibility index (Phi) is 9.55. The summed E-state index contributed by atoms with van der Waals surface area (Å²) in [6.07, 6.45) is 3.24. The van der Waals surface area contributed by atoms with Crippen LogP contribution < -0.4 is 14.4 Å². The van der Waals surface area contributed by atoms with Crippen LogP contribution in [-0.2, 0) is 4.79 Å². The Bertz CT molecular complexity index is 1020. The molecule has 2 aromatic rings. The number of methoxy groups -OCH3 is 1. The maximum absolute atomic E-state index is 13.3. The Morgan fingerprint density at radius 2 is 1.71 bits per heavy atom. The first-order valence-electron chi connectivity index (χ1n) is 12.4. The number of carbonyl (C=O) groups excluding carboxylic acids is 2. The number of nitrogens with zero attached hydrogens (tertiary/aromatic N) is 3. The highest BCUT2D eigenvalue weighted by Gasteiger charge is 2.21. The lowest BCUT2D eigenvalue weighted by molar-refractivity contribution is -0.132. The molecule has 0 atom stereocenters. The molecule has 7 nitrogen and oxygen atoms in total. The minimum absolute atomic E-state index is 0.113. The normalized spacial score (nSPS) is 14.0. The van der Waals surface area contributed by atoms with Gasteiger partial charge in [-0.1, -0.05) is 12.1 Å². The highest BCUT2D eigenvalue weighted by atomic mass is 16.5. The molecule has 1 saturated heterocycles. The maximum Gasteiger partial charge on any atom is 0.258 e. The van der Waals surface area contributed by atoms with Crippen LogP contribution in [0.4, 0.5) is 5.69 Å². The SMILES string of the molecule is COc1cccc(C(=O)N(C)c2ccc(C)cc2OCCCCCC(=O)N2CCN(C)CC2)c1C. The van der Waals surface area contributed by atoms with E-state index in [1.807, 2.05) is 55.1 Å². The van der Waals surface area contributed by atoms with E-state index in [0.29, 0.717) is 30.1 Å². The van der Waals surface area contributed by atoms with Crippen molar-refractivity contribution < 1.29 is 19.1 Å². The Hall–Kier alpha value is -3.06. The van der Waals surface area contributed by atoms with Gasteiger partial charge in [-0.3, -0.25) is 9.59 Å². The molecule has 3 rings (SSSR count). The van der Waals surface area contributed by atoms with Crippen molar-refractivity contribution in [1.29, 1.82) is 0 Å². The molecule has 35 heavy (non-hydrogen) atoms. The monoisotopic (exact) mass is 481 g/mol. The van der Waals surface area contributed by atoms with Crippen molar-refractivity contribution in [3.05, 3.63) is 53.1 Å². The number of amides is 2. The number of ether oxygens (including phenoxy) is 2. The zero-order valence-corrected chi connectivity index (χ0v) is 21.8. The van der Waals surface area contributed by atoms with E-state index in [1.165, 1.54) is 0 Å². The summed E-state index contributed by atoms with van der Waals surface area (Å²) in [7, 11) is 5.46. The molecule has 1 aliphatic rings. The maximum atomic E-state index is 13.3. The minimum atomic E-state index is -0.113. The van der Waals surface area contributed by atoms with E-state index in [0.717, 1.165) is 62.3 Å². The fourth-order valence-electron chi connectivity index (χ4n) is 4.32. The first kappa shape index (κ1) is 26.5. The van der Waals surface area contributed by atoms with Crippen molar-refractivity contribution in [3.8, 4) is 11.5 Å². The number of benzene rings is 2. The van der Waals surface area contributed by atoms with Crippen LogP contribution in [0, 0.1) is 13.8 Å². The molecule has 190 valence electrons. The number of likely N-dealkylation sites (N-methyl/N-ethyl adjacent to an activating group) is 1. The third-order valence-corrected chi connectivity index (χ3v) is 6.66. The van der Waals surface area contributed by atoms with Gasteiger partial charge in [-0.2, -0.15) is 0 Å². The van der Waals surface area contributed by atoms with Crippen LogP contribution in [0.1, 0.15) is 47.2 Å². The van der Waals surface area contributed by atoms with Crippen molar-refractivity contribution in [3.63, 3.8) is 0 Å². The average molecular weight is 482 g/mol. The van der Waals surface area contributed by atoms with E-state index in [-0.39, 0.29) is 11.8 Å². The molecule has 7 heteroatoms. The highest BCUT2D eigenvalue weighted by molar-refractivity contribution is 6.07. The first-order chi connectivity index (χ1) is 16.8. The molecule has 0 spiro atoms. The molecule has 2 aromatic carbocycles. The lowest BCUT2D eigenvalue weighted by Crippen LogP contribution is -2.47. The minimum Gasteiger partial charge on any atom is -0.496 e. The first-order valence-corrected chi connectivity index (χ1v) is 12.4. The zero-order chi connectivity index (χ0) is 25.4. The molecule has 0 unspecified atom stereocenters. The predicted octanol–water partition coefficient (Wildman–Crippen LogP) is 4.30. The Morgan fingerprint density at radius 1 is 0.971 bits per heavy atom. The van der Waals surface area contributed by atoms with Crippen LogP contribution in [0.2, 0.25) is 0 Å². The van der Waals surface area contributed by atoms with E-state index < -0.39 is 0 Å². The van der Waals surface area contributed by atoms with Crippen molar-refractivity contribution >= 4 is 17.5 Å². The topological polar surface area (TPSA) is 62.3 Å². The van der Waals surface area contributed by atoms with E-state index >= 15 is 0 Å². The molecular formula is C28H39N3O4. The highest BCUT2D eigenvalue weighted by Crippen LogP contribution is 2.31. The summed E-state index contributed by atoms with van der Waals surface area (Å²) in [5.41, 5.74) is 3.21. The fourth-order valence-corrected chi connectivity index (χ4v) is 4.32. The molecule has 2 amide bonds. The van der Waals surface area contributed by atoms with Gasteiger partial charge in [0.2, 0.25) is 5.91 Å². The molecule has 0 radical (unpaired) electrons. The van der Waals surface area contributed by atoms with E-state index in [9.17, 15) is 9.59 Å². The van der Waals surface area contributed by atoms with Gasteiger partial charge >= 0.3 is 0 Å². The molecule has 1 fully saturated rings. The number of aryl methyl sites for hydroxylation is 1. The van der Waals surface area contributed by atoms with Gasteiger partial charge in [-0.15, -0.1) is 0 Å². The van der Waals surface area contributed by atoms with Gasteiger partial charge < -0.3 is 24.2 Å². The second-order valence-electron chi connectivity index (χ2n) is 9.31. The summed E-state index contributed by atoms with van der Waals surface area (Å²) in [5.74, 6) is 1.52. The molecule has 0 bridgehead atoms. The number of unbranched alkanes of at least 4 members (excludes halogenated alkanes) is 2. The van der Waals surface area contributed by atoms with Crippen molar-refractivity contribution in [1.82, 2.24) is 9.80 Å². The zero-order valence-electron chi connectivity index (χ0n) is 21.8. The number of anilines is 1. The third kappa shape index (κ3) is 6.98. The molecule has 1 aliphatic heterocycles. The van der Waals surface area contributed by atoms with Crippen molar-refractivity contribution in [2.75, 3.05) is 58.9 Å². The Morgan fingerprint density at radius 3 is 2.43 bits per heavy atom. The van der Waals surface area contributed by atoms with Gasteiger partial charge in [-0.25, -0.2) is 0 Å². The fraction of sp³-hybridized carbons (Fsp3) is 0.500. The van der Waals surface area contributed by atoms with Gasteiger partial charge in [-0.05, 0) is 70.0 Å². The van der Waals surface area contributed by atoms with Crippen LogP contribution in [0.3, 0.4) is 0 Å². The lowest BCUT2D eigenvalue weighted by Gasteiger charge is -2.32. The summed E-state index contributed by atoms with van der Waals surface area (Å²) in [4.78, 5) is 31.5. The third-order valence-electron chi connectivity index (χ3n) is 6.66. The van der Waals surface area contributed by atoms with Crippen LogP contribution in [0.15, 0.2) is 36.4 Å². The largest absolute Gasteiger partial charge is 0.496 e. The van der Waals surface area contributed by atoms with E-state index in [2.05, 4.69) is 11.9 Å². The average Bonchev–Trinajstić information content (AvgIpc) is 2.85. The van der Waals surface area contributed by atoms with E-state index in [4.69, 9.17) is 9.47 Å². The van der Waals surface area contributed by atoms with Gasteiger partial charge in [0.15, 0.2) is 0 Å².